The lowest BCUT2D eigenvalue weighted by Gasteiger charge is -1.97. The van der Waals surface area contributed by atoms with Crippen LogP contribution >= 0.6 is 11.6 Å². The number of hydrogen-bond acceptors (Lipinski definition) is 2. The van der Waals surface area contributed by atoms with Gasteiger partial charge in [0.2, 0.25) is 5.91 Å². The van der Waals surface area contributed by atoms with Crippen LogP contribution in [0.5, 0.6) is 0 Å². The highest BCUT2D eigenvalue weighted by Gasteiger charge is 2.06. The van der Waals surface area contributed by atoms with Crippen LogP contribution in [0.4, 0.5) is 0 Å². The topological polar surface area (TPSA) is 46.4 Å². The summed E-state index contributed by atoms with van der Waals surface area (Å²) in [5, 5.41) is 3.38. The normalized spacial score (nSPS) is 10.6. The minimum Gasteiger partial charge on any atom is -0.356 e. The summed E-state index contributed by atoms with van der Waals surface area (Å²) in [5.41, 5.74) is 1.54. The van der Waals surface area contributed by atoms with Crippen molar-refractivity contribution in [3.05, 3.63) is 35.2 Å². The fraction of sp³-hybridized carbons (Fsp3) is 0.273. The van der Waals surface area contributed by atoms with Crippen LogP contribution in [0.1, 0.15) is 12.6 Å². The van der Waals surface area contributed by atoms with E-state index in [1.54, 1.807) is 12.3 Å². The summed E-state index contributed by atoms with van der Waals surface area (Å²) >= 11 is 5.86. The summed E-state index contributed by atoms with van der Waals surface area (Å²) in [6.45, 7) is 2.53. The SMILES string of the molecule is CCNC(=O)Cc1cn2cc(Cl)ccc2n1. The summed E-state index contributed by atoms with van der Waals surface area (Å²) in [5.74, 6) is -0.0167. The number of carbonyl (C=O) groups excluding carboxylic acids is 1. The number of carbonyl (C=O) groups is 1. The quantitative estimate of drug-likeness (QED) is 0.883. The van der Waals surface area contributed by atoms with Gasteiger partial charge in [-0.1, -0.05) is 11.6 Å². The van der Waals surface area contributed by atoms with Crippen LogP contribution in [0.3, 0.4) is 0 Å². The first-order chi connectivity index (χ1) is 7.69. The van der Waals surface area contributed by atoms with Crippen molar-refractivity contribution in [3.8, 4) is 0 Å². The van der Waals surface area contributed by atoms with Gasteiger partial charge in [-0.25, -0.2) is 4.98 Å². The van der Waals surface area contributed by atoms with E-state index in [1.165, 1.54) is 0 Å². The number of pyridine rings is 1. The van der Waals surface area contributed by atoms with E-state index in [0.29, 0.717) is 18.0 Å². The molecular formula is C11H12ClN3O. The molecule has 5 heteroatoms. The molecule has 16 heavy (non-hydrogen) atoms. The number of hydrogen-bond donors (Lipinski definition) is 1. The first kappa shape index (κ1) is 11.0. The van der Waals surface area contributed by atoms with Crippen LogP contribution in [0.2, 0.25) is 5.02 Å². The fourth-order valence-corrected chi connectivity index (χ4v) is 1.69. The van der Waals surface area contributed by atoms with Crippen molar-refractivity contribution in [1.29, 1.82) is 0 Å². The van der Waals surface area contributed by atoms with E-state index in [0.717, 1.165) is 11.3 Å². The van der Waals surface area contributed by atoms with E-state index in [1.807, 2.05) is 23.6 Å². The number of likely N-dealkylation sites (N-methyl/N-ethyl adjacent to an activating group) is 1. The molecule has 1 amide bonds. The van der Waals surface area contributed by atoms with E-state index >= 15 is 0 Å². The molecule has 0 saturated heterocycles. The van der Waals surface area contributed by atoms with Crippen molar-refractivity contribution >= 4 is 23.2 Å². The number of aromatic nitrogens is 2. The summed E-state index contributed by atoms with van der Waals surface area (Å²) in [6, 6.07) is 3.60. The third-order valence-electron chi connectivity index (χ3n) is 2.18. The van der Waals surface area contributed by atoms with Crippen LogP contribution in [0.25, 0.3) is 5.65 Å². The third kappa shape index (κ3) is 2.33. The van der Waals surface area contributed by atoms with E-state index < -0.39 is 0 Å². The van der Waals surface area contributed by atoms with Crippen molar-refractivity contribution in [1.82, 2.24) is 14.7 Å². The Kier molecular flexibility index (Phi) is 3.10. The van der Waals surface area contributed by atoms with Crippen molar-refractivity contribution in [2.45, 2.75) is 13.3 Å². The molecule has 0 saturated carbocycles. The maximum absolute atomic E-state index is 11.4. The Labute approximate surface area is 98.2 Å². The van der Waals surface area contributed by atoms with E-state index in [-0.39, 0.29) is 5.91 Å². The van der Waals surface area contributed by atoms with Gasteiger partial charge in [-0.2, -0.15) is 0 Å². The predicted molar refractivity (Wildman–Crippen MR) is 62.6 cm³/mol. The van der Waals surface area contributed by atoms with Gasteiger partial charge in [-0.15, -0.1) is 0 Å². The largest absolute Gasteiger partial charge is 0.356 e. The Morgan fingerprint density at radius 1 is 1.50 bits per heavy atom. The maximum Gasteiger partial charge on any atom is 0.226 e. The molecule has 4 nitrogen and oxygen atoms in total. The second kappa shape index (κ2) is 4.53. The molecule has 0 spiro atoms. The van der Waals surface area contributed by atoms with Crippen LogP contribution in [-0.2, 0) is 11.2 Å². The fourth-order valence-electron chi connectivity index (χ4n) is 1.53. The van der Waals surface area contributed by atoms with E-state index in [9.17, 15) is 4.79 Å². The maximum atomic E-state index is 11.4. The highest BCUT2D eigenvalue weighted by molar-refractivity contribution is 6.30. The molecule has 0 unspecified atom stereocenters. The molecule has 0 fully saturated rings. The van der Waals surface area contributed by atoms with E-state index in [2.05, 4.69) is 10.3 Å². The molecule has 2 aromatic heterocycles. The lowest BCUT2D eigenvalue weighted by atomic mass is 10.3. The molecule has 0 aromatic carbocycles. The molecule has 2 heterocycles. The standard InChI is InChI=1S/C11H12ClN3O/c1-2-13-11(16)5-9-7-15-6-8(12)3-4-10(15)14-9/h3-4,6-7H,2,5H2,1H3,(H,13,16). The van der Waals surface area contributed by atoms with Gasteiger partial charge in [-0.05, 0) is 19.1 Å². The zero-order valence-electron chi connectivity index (χ0n) is 8.90. The van der Waals surface area contributed by atoms with Crippen LogP contribution < -0.4 is 5.32 Å². The monoisotopic (exact) mass is 237 g/mol. The Morgan fingerprint density at radius 2 is 2.31 bits per heavy atom. The number of amides is 1. The molecule has 1 N–H and O–H groups in total. The van der Waals surface area contributed by atoms with Gasteiger partial charge in [0.15, 0.2) is 0 Å². The van der Waals surface area contributed by atoms with Gasteiger partial charge < -0.3 is 9.72 Å². The summed E-state index contributed by atoms with van der Waals surface area (Å²) in [4.78, 5) is 15.7. The molecular weight excluding hydrogens is 226 g/mol. The number of fused-ring (bicyclic) bond motifs is 1. The van der Waals surface area contributed by atoms with Gasteiger partial charge >= 0.3 is 0 Å². The Bertz CT molecular complexity index is 521. The molecule has 2 aromatic rings. The smallest absolute Gasteiger partial charge is 0.226 e. The van der Waals surface area contributed by atoms with Crippen LogP contribution in [0.15, 0.2) is 24.5 Å². The number of nitrogens with zero attached hydrogens (tertiary/aromatic N) is 2. The molecule has 0 aliphatic heterocycles. The summed E-state index contributed by atoms with van der Waals surface area (Å²) in [6.07, 6.45) is 3.88. The van der Waals surface area contributed by atoms with Gasteiger partial charge in [0.25, 0.3) is 0 Å². The Morgan fingerprint density at radius 3 is 3.06 bits per heavy atom. The van der Waals surface area contributed by atoms with Crippen LogP contribution in [-0.4, -0.2) is 21.8 Å². The molecule has 84 valence electrons. The lowest BCUT2D eigenvalue weighted by Crippen LogP contribution is -2.24. The minimum atomic E-state index is -0.0167. The Hall–Kier alpha value is -1.55. The zero-order valence-corrected chi connectivity index (χ0v) is 9.66. The van der Waals surface area contributed by atoms with Crippen LogP contribution in [0, 0.1) is 0 Å². The van der Waals surface area contributed by atoms with Gasteiger partial charge in [-0.3, -0.25) is 4.79 Å². The molecule has 0 atom stereocenters. The molecule has 0 aliphatic carbocycles. The van der Waals surface area contributed by atoms with Gasteiger partial charge in [0.05, 0.1) is 17.1 Å². The van der Waals surface area contributed by atoms with E-state index in [4.69, 9.17) is 11.6 Å². The minimum absolute atomic E-state index is 0.0167. The lowest BCUT2D eigenvalue weighted by molar-refractivity contribution is -0.120. The first-order valence-corrected chi connectivity index (χ1v) is 5.46. The number of nitrogens with one attached hydrogen (secondary N) is 1. The molecule has 0 aliphatic rings. The average molecular weight is 238 g/mol. The van der Waals surface area contributed by atoms with Crippen molar-refractivity contribution in [2.75, 3.05) is 6.54 Å². The second-order valence-corrected chi connectivity index (χ2v) is 3.91. The zero-order chi connectivity index (χ0) is 11.5. The number of rotatable bonds is 3. The highest BCUT2D eigenvalue weighted by Crippen LogP contribution is 2.11. The first-order valence-electron chi connectivity index (χ1n) is 5.09. The second-order valence-electron chi connectivity index (χ2n) is 3.48. The van der Waals surface area contributed by atoms with Gasteiger partial charge in [0.1, 0.15) is 5.65 Å². The Balaban J connectivity index is 2.23. The third-order valence-corrected chi connectivity index (χ3v) is 2.40. The average Bonchev–Trinajstić information content (AvgIpc) is 2.59. The summed E-state index contributed by atoms with van der Waals surface area (Å²) in [7, 11) is 0. The highest BCUT2D eigenvalue weighted by atomic mass is 35.5. The number of halogens is 1. The predicted octanol–water partition coefficient (Wildman–Crippen LogP) is 1.67. The number of imidazole rings is 1. The van der Waals surface area contributed by atoms with Crippen molar-refractivity contribution < 1.29 is 4.79 Å². The molecule has 2 rings (SSSR count). The van der Waals surface area contributed by atoms with Crippen molar-refractivity contribution in [2.24, 2.45) is 0 Å². The summed E-state index contributed by atoms with van der Waals surface area (Å²) < 4.78 is 1.82. The molecule has 0 radical (unpaired) electrons. The van der Waals surface area contributed by atoms with Gasteiger partial charge in [0, 0.05) is 18.9 Å². The van der Waals surface area contributed by atoms with Crippen molar-refractivity contribution in [3.63, 3.8) is 0 Å². The molecule has 0 bridgehead atoms.